The van der Waals surface area contributed by atoms with Gasteiger partial charge < -0.3 is 21.1 Å². The second-order valence-electron chi connectivity index (χ2n) is 6.44. The number of alkyl carbamates (subject to hydrolysis) is 1. The van der Waals surface area contributed by atoms with Gasteiger partial charge in [-0.05, 0) is 58.4 Å². The zero-order valence-electron chi connectivity index (χ0n) is 13.9. The molecule has 0 aliphatic carbocycles. The Morgan fingerprint density at radius 1 is 1.36 bits per heavy atom. The van der Waals surface area contributed by atoms with E-state index < -0.39 is 11.7 Å². The highest BCUT2D eigenvalue weighted by Crippen LogP contribution is 2.20. The first-order chi connectivity index (χ1) is 10.1. The summed E-state index contributed by atoms with van der Waals surface area (Å²) in [6.07, 6.45) is -0.439. The summed E-state index contributed by atoms with van der Waals surface area (Å²) in [5, 5.41) is 6.17. The van der Waals surface area contributed by atoms with Crippen LogP contribution in [0.4, 0.5) is 10.5 Å². The van der Waals surface area contributed by atoms with Crippen LogP contribution in [0.3, 0.4) is 0 Å². The summed E-state index contributed by atoms with van der Waals surface area (Å²) in [5.74, 6) is 0. The summed E-state index contributed by atoms with van der Waals surface area (Å²) >= 11 is 3.47. The molecule has 22 heavy (non-hydrogen) atoms. The molecule has 0 aliphatic heterocycles. The second kappa shape index (κ2) is 7.83. The smallest absolute Gasteiger partial charge is 0.407 e. The topological polar surface area (TPSA) is 76.4 Å². The predicted molar refractivity (Wildman–Crippen MR) is 94.2 cm³/mol. The number of halogens is 1. The van der Waals surface area contributed by atoms with E-state index >= 15 is 0 Å². The van der Waals surface area contributed by atoms with Gasteiger partial charge >= 0.3 is 6.09 Å². The molecule has 0 saturated carbocycles. The molecule has 124 valence electrons. The highest BCUT2D eigenvalue weighted by molar-refractivity contribution is 9.10. The SMILES string of the molecule is Cc1cc(Br)cc(NC(CN)C(C)NC(=O)OC(C)(C)C)c1. The van der Waals surface area contributed by atoms with E-state index in [0.717, 1.165) is 15.7 Å². The molecular weight excluding hydrogens is 346 g/mol. The maximum absolute atomic E-state index is 11.8. The van der Waals surface area contributed by atoms with Crippen LogP contribution >= 0.6 is 15.9 Å². The van der Waals surface area contributed by atoms with Crippen molar-refractivity contribution < 1.29 is 9.53 Å². The lowest BCUT2D eigenvalue weighted by Crippen LogP contribution is -2.49. The summed E-state index contributed by atoms with van der Waals surface area (Å²) in [4.78, 5) is 11.8. The number of ether oxygens (including phenoxy) is 1. The Bertz CT molecular complexity index is 494. The number of benzene rings is 1. The number of carbonyl (C=O) groups is 1. The van der Waals surface area contributed by atoms with E-state index in [9.17, 15) is 4.79 Å². The first-order valence-corrected chi connectivity index (χ1v) is 8.13. The summed E-state index contributed by atoms with van der Waals surface area (Å²) in [6, 6.07) is 5.79. The van der Waals surface area contributed by atoms with Crippen molar-refractivity contribution in [2.24, 2.45) is 5.73 Å². The lowest BCUT2D eigenvalue weighted by molar-refractivity contribution is 0.0504. The Morgan fingerprint density at radius 3 is 2.50 bits per heavy atom. The molecule has 1 aromatic carbocycles. The highest BCUT2D eigenvalue weighted by Gasteiger charge is 2.22. The van der Waals surface area contributed by atoms with Gasteiger partial charge in [0.25, 0.3) is 0 Å². The minimum absolute atomic E-state index is 0.0961. The number of nitrogens with two attached hydrogens (primary N) is 1. The molecule has 0 radical (unpaired) electrons. The van der Waals surface area contributed by atoms with E-state index in [-0.39, 0.29) is 12.1 Å². The van der Waals surface area contributed by atoms with Crippen LogP contribution in [-0.2, 0) is 4.74 Å². The van der Waals surface area contributed by atoms with Crippen molar-refractivity contribution in [3.63, 3.8) is 0 Å². The summed E-state index contributed by atoms with van der Waals surface area (Å²) in [5.41, 5.74) is 7.41. The van der Waals surface area contributed by atoms with Crippen molar-refractivity contribution in [1.29, 1.82) is 0 Å². The second-order valence-corrected chi connectivity index (χ2v) is 7.35. The number of nitrogens with one attached hydrogen (secondary N) is 2. The first-order valence-electron chi connectivity index (χ1n) is 7.34. The molecule has 1 aromatic rings. The molecule has 1 rings (SSSR count). The van der Waals surface area contributed by atoms with Crippen molar-refractivity contribution in [2.75, 3.05) is 11.9 Å². The Labute approximate surface area is 141 Å². The average molecular weight is 372 g/mol. The van der Waals surface area contributed by atoms with Gasteiger partial charge in [-0.2, -0.15) is 0 Å². The monoisotopic (exact) mass is 371 g/mol. The van der Waals surface area contributed by atoms with Crippen molar-refractivity contribution in [2.45, 2.75) is 52.3 Å². The fourth-order valence-electron chi connectivity index (χ4n) is 2.02. The number of carbonyl (C=O) groups excluding carboxylic acids is 1. The largest absolute Gasteiger partial charge is 0.444 e. The predicted octanol–water partition coefficient (Wildman–Crippen LogP) is 3.41. The van der Waals surface area contributed by atoms with Crippen LogP contribution in [0.5, 0.6) is 0 Å². The first kappa shape index (κ1) is 18.8. The van der Waals surface area contributed by atoms with Crippen molar-refractivity contribution in [3.05, 3.63) is 28.2 Å². The van der Waals surface area contributed by atoms with Crippen LogP contribution in [0.1, 0.15) is 33.3 Å². The van der Waals surface area contributed by atoms with E-state index in [1.54, 1.807) is 0 Å². The van der Waals surface area contributed by atoms with Gasteiger partial charge in [0.15, 0.2) is 0 Å². The molecule has 0 fully saturated rings. The fraction of sp³-hybridized carbons (Fsp3) is 0.562. The van der Waals surface area contributed by atoms with Crippen molar-refractivity contribution >= 4 is 27.7 Å². The van der Waals surface area contributed by atoms with Gasteiger partial charge in [0.05, 0.1) is 12.1 Å². The van der Waals surface area contributed by atoms with E-state index in [1.165, 1.54) is 0 Å². The van der Waals surface area contributed by atoms with Gasteiger partial charge in [0, 0.05) is 16.7 Å². The molecule has 4 N–H and O–H groups in total. The molecule has 0 heterocycles. The van der Waals surface area contributed by atoms with Gasteiger partial charge in [-0.3, -0.25) is 0 Å². The Balaban J connectivity index is 2.68. The number of hydrogen-bond donors (Lipinski definition) is 3. The molecule has 0 spiro atoms. The third-order valence-corrected chi connectivity index (χ3v) is 3.45. The third-order valence-electron chi connectivity index (χ3n) is 3.00. The summed E-state index contributed by atoms with van der Waals surface area (Å²) in [7, 11) is 0. The maximum atomic E-state index is 11.8. The lowest BCUT2D eigenvalue weighted by atomic mass is 10.1. The third kappa shape index (κ3) is 6.66. The van der Waals surface area contributed by atoms with Gasteiger partial charge in [-0.1, -0.05) is 15.9 Å². The van der Waals surface area contributed by atoms with Crippen LogP contribution in [-0.4, -0.2) is 30.3 Å². The Kier molecular flexibility index (Phi) is 6.68. The number of rotatable bonds is 5. The van der Waals surface area contributed by atoms with Gasteiger partial charge in [0.1, 0.15) is 5.60 Å². The van der Waals surface area contributed by atoms with Crippen LogP contribution in [0, 0.1) is 6.92 Å². The summed E-state index contributed by atoms with van der Waals surface area (Å²) < 4.78 is 6.26. The number of amides is 1. The van der Waals surface area contributed by atoms with Crippen molar-refractivity contribution in [1.82, 2.24) is 5.32 Å². The Morgan fingerprint density at radius 2 is 2.00 bits per heavy atom. The molecule has 0 aliphatic rings. The van der Waals surface area contributed by atoms with Gasteiger partial charge in [0.2, 0.25) is 0 Å². The minimum Gasteiger partial charge on any atom is -0.444 e. The van der Waals surface area contributed by atoms with Crippen LogP contribution in [0.15, 0.2) is 22.7 Å². The quantitative estimate of drug-likeness (QED) is 0.740. The van der Waals surface area contributed by atoms with Crippen LogP contribution in [0.25, 0.3) is 0 Å². The van der Waals surface area contributed by atoms with Crippen LogP contribution < -0.4 is 16.4 Å². The molecular formula is C16H26BrN3O2. The number of hydrogen-bond acceptors (Lipinski definition) is 4. The normalized spacial score (nSPS) is 14.1. The zero-order chi connectivity index (χ0) is 16.9. The number of aryl methyl sites for hydroxylation is 1. The fourth-order valence-corrected chi connectivity index (χ4v) is 2.62. The molecule has 1 amide bonds. The molecule has 2 atom stereocenters. The standard InChI is InChI=1S/C16H26BrN3O2/c1-10-6-12(17)8-13(7-10)20-14(9-18)11(2)19-15(21)22-16(3,4)5/h6-8,11,14,20H,9,18H2,1-5H3,(H,19,21). The molecule has 0 saturated heterocycles. The molecule has 2 unspecified atom stereocenters. The lowest BCUT2D eigenvalue weighted by Gasteiger charge is -2.27. The Hall–Kier alpha value is -1.27. The molecule has 6 heteroatoms. The highest BCUT2D eigenvalue weighted by atomic mass is 79.9. The van der Waals surface area contributed by atoms with E-state index in [1.807, 2.05) is 52.8 Å². The average Bonchev–Trinajstić information content (AvgIpc) is 2.31. The zero-order valence-corrected chi connectivity index (χ0v) is 15.5. The number of anilines is 1. The minimum atomic E-state index is -0.517. The molecule has 5 nitrogen and oxygen atoms in total. The molecule has 0 aromatic heterocycles. The molecule has 0 bridgehead atoms. The van der Waals surface area contributed by atoms with Gasteiger partial charge in [-0.15, -0.1) is 0 Å². The van der Waals surface area contributed by atoms with Crippen molar-refractivity contribution in [3.8, 4) is 0 Å². The van der Waals surface area contributed by atoms with E-state index in [0.29, 0.717) is 6.54 Å². The van der Waals surface area contributed by atoms with E-state index in [4.69, 9.17) is 10.5 Å². The van der Waals surface area contributed by atoms with Crippen LogP contribution in [0.2, 0.25) is 0 Å². The van der Waals surface area contributed by atoms with E-state index in [2.05, 4.69) is 26.6 Å². The van der Waals surface area contributed by atoms with Gasteiger partial charge in [-0.25, -0.2) is 4.79 Å². The summed E-state index contributed by atoms with van der Waals surface area (Å²) in [6.45, 7) is 9.82. The maximum Gasteiger partial charge on any atom is 0.407 e.